The minimum absolute atomic E-state index is 0.0535. The molecule has 1 aromatic rings. The van der Waals surface area contributed by atoms with Gasteiger partial charge >= 0.3 is 5.97 Å². The molecule has 0 heterocycles. The zero-order valence-electron chi connectivity index (χ0n) is 18.1. The first-order chi connectivity index (χ1) is 15.6. The number of rotatable bonds is 14. The van der Waals surface area contributed by atoms with Gasteiger partial charge in [-0.1, -0.05) is 30.3 Å². The molecule has 33 heavy (non-hydrogen) atoms. The van der Waals surface area contributed by atoms with Crippen molar-refractivity contribution in [3.63, 3.8) is 0 Å². The number of aliphatic imine (C=N–C) groups is 1. The minimum Gasteiger partial charge on any atom is -0.480 e. The summed E-state index contributed by atoms with van der Waals surface area (Å²) in [5.74, 6) is -3.24. The summed E-state index contributed by atoms with van der Waals surface area (Å²) in [6.07, 6.45) is 0.866. The van der Waals surface area contributed by atoms with Crippen molar-refractivity contribution in [2.24, 2.45) is 22.2 Å². The molecule has 13 heteroatoms. The van der Waals surface area contributed by atoms with Crippen LogP contribution in [0.5, 0.6) is 0 Å². The molecule has 0 bridgehead atoms. The molecule has 0 aliphatic heterocycles. The van der Waals surface area contributed by atoms with Crippen molar-refractivity contribution < 1.29 is 24.3 Å². The molecular formula is C20H31N7O5S. The molecular weight excluding hydrogens is 450 g/mol. The molecule has 0 fully saturated rings. The van der Waals surface area contributed by atoms with Crippen LogP contribution in [0, 0.1) is 0 Å². The van der Waals surface area contributed by atoms with Crippen LogP contribution in [-0.4, -0.2) is 71.7 Å². The van der Waals surface area contributed by atoms with Crippen LogP contribution in [0.15, 0.2) is 35.3 Å². The first-order valence-electron chi connectivity index (χ1n) is 10.2. The van der Waals surface area contributed by atoms with Gasteiger partial charge in [0.05, 0.1) is 12.6 Å². The predicted octanol–water partition coefficient (Wildman–Crippen LogP) is -2.29. The van der Waals surface area contributed by atoms with E-state index in [1.807, 2.05) is 0 Å². The number of benzene rings is 1. The van der Waals surface area contributed by atoms with Crippen molar-refractivity contribution >= 4 is 42.3 Å². The highest BCUT2D eigenvalue weighted by molar-refractivity contribution is 7.80. The summed E-state index contributed by atoms with van der Waals surface area (Å²) in [6, 6.07) is 5.67. The van der Waals surface area contributed by atoms with E-state index in [0.717, 1.165) is 5.56 Å². The molecule has 0 radical (unpaired) electrons. The molecule has 3 atom stereocenters. The highest BCUT2D eigenvalue weighted by Gasteiger charge is 2.26. The molecule has 3 amide bonds. The molecule has 0 spiro atoms. The van der Waals surface area contributed by atoms with E-state index in [0.29, 0.717) is 19.4 Å². The molecule has 0 aromatic heterocycles. The number of carboxylic acid groups (broad SMARTS) is 1. The van der Waals surface area contributed by atoms with Gasteiger partial charge in [0.25, 0.3) is 0 Å². The van der Waals surface area contributed by atoms with E-state index < -0.39 is 48.4 Å². The molecule has 1 aromatic carbocycles. The Morgan fingerprint density at radius 3 is 2.27 bits per heavy atom. The van der Waals surface area contributed by atoms with E-state index in [9.17, 15) is 24.3 Å². The van der Waals surface area contributed by atoms with Crippen LogP contribution in [0.2, 0.25) is 0 Å². The van der Waals surface area contributed by atoms with Crippen molar-refractivity contribution in [3.05, 3.63) is 35.9 Å². The summed E-state index contributed by atoms with van der Waals surface area (Å²) < 4.78 is 0. The second-order valence-corrected chi connectivity index (χ2v) is 7.53. The molecule has 10 N–H and O–H groups in total. The fourth-order valence-corrected chi connectivity index (χ4v) is 2.97. The van der Waals surface area contributed by atoms with Crippen molar-refractivity contribution in [3.8, 4) is 0 Å². The maximum atomic E-state index is 12.5. The number of nitrogens with two attached hydrogens (primary N) is 3. The SMILES string of the molecule is NC(N)=NCCCC(N)C(=O)NCC(=O)NC(CS)C(=O)NC(Cc1ccccc1)C(=O)O. The van der Waals surface area contributed by atoms with Crippen LogP contribution in [0.3, 0.4) is 0 Å². The first kappa shape index (κ1) is 27.7. The highest BCUT2D eigenvalue weighted by Crippen LogP contribution is 2.04. The number of nitrogens with zero attached hydrogens (tertiary/aromatic N) is 1. The molecule has 1 rings (SSSR count). The molecule has 0 saturated heterocycles. The number of nitrogens with one attached hydrogen (secondary N) is 3. The topological polar surface area (TPSA) is 215 Å². The molecule has 0 aliphatic rings. The third-order valence-corrected chi connectivity index (χ3v) is 4.82. The number of carboxylic acids is 1. The third kappa shape index (κ3) is 11.2. The lowest BCUT2D eigenvalue weighted by atomic mass is 10.1. The Morgan fingerprint density at radius 2 is 1.70 bits per heavy atom. The molecule has 3 unspecified atom stereocenters. The number of hydrogen-bond acceptors (Lipinski definition) is 7. The molecule has 0 saturated carbocycles. The summed E-state index contributed by atoms with van der Waals surface area (Å²) in [5, 5.41) is 16.6. The van der Waals surface area contributed by atoms with Gasteiger partial charge in [0.2, 0.25) is 17.7 Å². The third-order valence-electron chi connectivity index (χ3n) is 4.46. The van der Waals surface area contributed by atoms with Gasteiger partial charge in [-0.15, -0.1) is 0 Å². The summed E-state index contributed by atoms with van der Waals surface area (Å²) in [4.78, 5) is 52.0. The predicted molar refractivity (Wildman–Crippen MR) is 126 cm³/mol. The van der Waals surface area contributed by atoms with E-state index >= 15 is 0 Å². The number of guanidine groups is 1. The van der Waals surface area contributed by atoms with Gasteiger partial charge in [-0.3, -0.25) is 19.4 Å². The van der Waals surface area contributed by atoms with E-state index in [1.165, 1.54) is 0 Å². The smallest absolute Gasteiger partial charge is 0.326 e. The lowest BCUT2D eigenvalue weighted by molar-refractivity contribution is -0.142. The summed E-state index contributed by atoms with van der Waals surface area (Å²) in [5.41, 5.74) is 16.9. The number of aliphatic carboxylic acids is 1. The van der Waals surface area contributed by atoms with Crippen LogP contribution in [0.1, 0.15) is 18.4 Å². The minimum atomic E-state index is -1.21. The lowest BCUT2D eigenvalue weighted by Gasteiger charge is -2.20. The van der Waals surface area contributed by atoms with E-state index in [2.05, 4.69) is 33.6 Å². The quantitative estimate of drug-likeness (QED) is 0.0624. The fourth-order valence-electron chi connectivity index (χ4n) is 2.71. The fraction of sp³-hybridized carbons (Fsp3) is 0.450. The van der Waals surface area contributed by atoms with Gasteiger partial charge < -0.3 is 38.3 Å². The maximum Gasteiger partial charge on any atom is 0.326 e. The van der Waals surface area contributed by atoms with Gasteiger partial charge in [-0.05, 0) is 18.4 Å². The molecule has 12 nitrogen and oxygen atoms in total. The van der Waals surface area contributed by atoms with E-state index in [1.54, 1.807) is 30.3 Å². The standard InChI is InChI=1S/C20H31N7O5S/c21-13(7-4-8-24-20(22)23)17(29)25-10-16(28)26-15(11-33)18(30)27-14(19(31)32)9-12-5-2-1-3-6-12/h1-3,5-6,13-15,33H,4,7-11,21H2,(H,25,29)(H,26,28)(H,27,30)(H,31,32)(H4,22,23,24). The number of thiol groups is 1. The zero-order chi connectivity index (χ0) is 24.8. The zero-order valence-corrected chi connectivity index (χ0v) is 19.0. The lowest BCUT2D eigenvalue weighted by Crippen LogP contribution is -2.54. The summed E-state index contributed by atoms with van der Waals surface area (Å²) in [7, 11) is 0. The van der Waals surface area contributed by atoms with Crippen LogP contribution >= 0.6 is 12.6 Å². The van der Waals surface area contributed by atoms with Crippen molar-refractivity contribution in [2.45, 2.75) is 37.4 Å². The van der Waals surface area contributed by atoms with Crippen LogP contribution < -0.4 is 33.2 Å². The Hall–Kier alpha value is -3.32. The van der Waals surface area contributed by atoms with Gasteiger partial charge in [0, 0.05) is 18.7 Å². The Bertz CT molecular complexity index is 833. The van der Waals surface area contributed by atoms with Gasteiger partial charge in [0.15, 0.2) is 5.96 Å². The first-order valence-corrected chi connectivity index (χ1v) is 10.8. The van der Waals surface area contributed by atoms with Crippen molar-refractivity contribution in [2.75, 3.05) is 18.8 Å². The van der Waals surface area contributed by atoms with Crippen LogP contribution in [0.4, 0.5) is 0 Å². The largest absolute Gasteiger partial charge is 0.480 e. The Labute approximate surface area is 197 Å². The molecule has 0 aliphatic carbocycles. The normalized spacial score (nSPS) is 13.2. The molecule has 182 valence electrons. The second kappa shape index (κ2) is 14.7. The van der Waals surface area contributed by atoms with E-state index in [4.69, 9.17) is 17.2 Å². The Morgan fingerprint density at radius 1 is 1.03 bits per heavy atom. The highest BCUT2D eigenvalue weighted by atomic mass is 32.1. The van der Waals surface area contributed by atoms with Crippen LogP contribution in [0.25, 0.3) is 0 Å². The summed E-state index contributed by atoms with van der Waals surface area (Å²) >= 11 is 4.05. The summed E-state index contributed by atoms with van der Waals surface area (Å²) in [6.45, 7) is -0.0888. The van der Waals surface area contributed by atoms with Crippen molar-refractivity contribution in [1.82, 2.24) is 16.0 Å². The monoisotopic (exact) mass is 481 g/mol. The van der Waals surface area contributed by atoms with Crippen LogP contribution in [-0.2, 0) is 25.6 Å². The number of carbonyl (C=O) groups excluding carboxylic acids is 3. The Kier molecular flexibility index (Phi) is 12.3. The van der Waals surface area contributed by atoms with Crippen molar-refractivity contribution in [1.29, 1.82) is 0 Å². The second-order valence-electron chi connectivity index (χ2n) is 7.16. The average Bonchev–Trinajstić information content (AvgIpc) is 2.78. The van der Waals surface area contributed by atoms with E-state index in [-0.39, 0.29) is 18.1 Å². The van der Waals surface area contributed by atoms with Gasteiger partial charge in [0.1, 0.15) is 12.1 Å². The number of hydrogen-bond donors (Lipinski definition) is 8. The number of amides is 3. The Balaban J connectivity index is 2.51. The maximum absolute atomic E-state index is 12.5. The van der Waals surface area contributed by atoms with Gasteiger partial charge in [-0.25, -0.2) is 4.79 Å². The number of carbonyl (C=O) groups is 4. The van der Waals surface area contributed by atoms with Gasteiger partial charge in [-0.2, -0.15) is 12.6 Å². The average molecular weight is 482 g/mol.